The van der Waals surface area contributed by atoms with Gasteiger partial charge in [-0.2, -0.15) is 0 Å². The minimum Gasteiger partial charge on any atom is -0.459 e. The Bertz CT molecular complexity index is 749. The SMILES string of the molecule is C[C@H]1OC(COC(=O)c2ccccc2)[C@@H](OC(=O)c2ccccc2)[C@H]1F. The topological polar surface area (TPSA) is 61.8 Å². The Morgan fingerprint density at radius 3 is 2.08 bits per heavy atom. The van der Waals surface area contributed by atoms with Crippen LogP contribution in [0.4, 0.5) is 4.39 Å². The fraction of sp³-hybridized carbons (Fsp3) is 0.300. The summed E-state index contributed by atoms with van der Waals surface area (Å²) in [6.07, 6.45) is -4.26. The fourth-order valence-corrected chi connectivity index (χ4v) is 2.76. The van der Waals surface area contributed by atoms with Crippen LogP contribution in [0.25, 0.3) is 0 Å². The molecule has 6 heteroatoms. The molecule has 136 valence electrons. The van der Waals surface area contributed by atoms with Crippen LogP contribution in [0.15, 0.2) is 60.7 Å². The van der Waals surface area contributed by atoms with Gasteiger partial charge in [-0.25, -0.2) is 14.0 Å². The number of hydrogen-bond acceptors (Lipinski definition) is 5. The first-order chi connectivity index (χ1) is 12.6. The molecule has 0 aromatic heterocycles. The highest BCUT2D eigenvalue weighted by molar-refractivity contribution is 5.90. The molecular formula is C20H19FO5. The first-order valence-corrected chi connectivity index (χ1v) is 8.34. The third kappa shape index (κ3) is 4.08. The molecule has 0 spiro atoms. The standard InChI is InChI=1S/C20H19FO5/c1-13-17(21)18(26-20(23)15-10-6-3-7-11-15)16(25-13)12-24-19(22)14-8-4-2-5-9-14/h2-11,13,16-18H,12H2,1H3/t13-,16?,17+,18-/m1/s1. The zero-order valence-corrected chi connectivity index (χ0v) is 14.2. The fourth-order valence-electron chi connectivity index (χ4n) is 2.76. The Kier molecular flexibility index (Phi) is 5.63. The van der Waals surface area contributed by atoms with Gasteiger partial charge in [0.25, 0.3) is 0 Å². The molecule has 1 aliphatic heterocycles. The summed E-state index contributed by atoms with van der Waals surface area (Å²) in [5, 5.41) is 0. The predicted octanol–water partition coefficient (Wildman–Crippen LogP) is 3.19. The normalized spacial score (nSPS) is 24.8. The van der Waals surface area contributed by atoms with Crippen molar-refractivity contribution in [3.8, 4) is 0 Å². The lowest BCUT2D eigenvalue weighted by atomic mass is 10.1. The van der Waals surface area contributed by atoms with Gasteiger partial charge >= 0.3 is 11.9 Å². The molecule has 0 amide bonds. The molecule has 4 atom stereocenters. The summed E-state index contributed by atoms with van der Waals surface area (Å²) >= 11 is 0. The van der Waals surface area contributed by atoms with Crippen LogP contribution in [-0.4, -0.2) is 43.0 Å². The molecule has 0 saturated carbocycles. The van der Waals surface area contributed by atoms with Gasteiger partial charge in [0.2, 0.25) is 0 Å². The number of carbonyl (C=O) groups excluding carboxylic acids is 2. The van der Waals surface area contributed by atoms with E-state index in [1.165, 1.54) is 0 Å². The summed E-state index contributed by atoms with van der Waals surface area (Å²) in [6, 6.07) is 16.8. The molecule has 3 rings (SSSR count). The summed E-state index contributed by atoms with van der Waals surface area (Å²) in [4.78, 5) is 24.2. The van der Waals surface area contributed by atoms with Gasteiger partial charge in [-0.05, 0) is 31.2 Å². The van der Waals surface area contributed by atoms with Crippen LogP contribution in [0, 0.1) is 0 Å². The minimum atomic E-state index is -1.50. The predicted molar refractivity (Wildman–Crippen MR) is 91.6 cm³/mol. The molecule has 0 radical (unpaired) electrons. The highest BCUT2D eigenvalue weighted by atomic mass is 19.1. The van der Waals surface area contributed by atoms with Crippen LogP contribution in [-0.2, 0) is 14.2 Å². The average Bonchev–Trinajstić information content (AvgIpc) is 2.95. The first-order valence-electron chi connectivity index (χ1n) is 8.34. The van der Waals surface area contributed by atoms with E-state index in [1.54, 1.807) is 67.6 Å². The lowest BCUT2D eigenvalue weighted by Gasteiger charge is -2.20. The monoisotopic (exact) mass is 358 g/mol. The molecule has 0 N–H and O–H groups in total. The Balaban J connectivity index is 1.63. The number of rotatable bonds is 5. The van der Waals surface area contributed by atoms with Crippen molar-refractivity contribution >= 4 is 11.9 Å². The van der Waals surface area contributed by atoms with Crippen molar-refractivity contribution in [2.24, 2.45) is 0 Å². The van der Waals surface area contributed by atoms with E-state index in [-0.39, 0.29) is 6.61 Å². The van der Waals surface area contributed by atoms with Gasteiger partial charge in [-0.1, -0.05) is 36.4 Å². The van der Waals surface area contributed by atoms with Gasteiger partial charge < -0.3 is 14.2 Å². The minimum absolute atomic E-state index is 0.203. The van der Waals surface area contributed by atoms with Gasteiger partial charge in [-0.15, -0.1) is 0 Å². The van der Waals surface area contributed by atoms with Crippen molar-refractivity contribution in [3.63, 3.8) is 0 Å². The summed E-state index contributed by atoms with van der Waals surface area (Å²) < 4.78 is 30.4. The Morgan fingerprint density at radius 2 is 1.50 bits per heavy atom. The van der Waals surface area contributed by atoms with Crippen molar-refractivity contribution in [2.45, 2.75) is 31.4 Å². The lowest BCUT2D eigenvalue weighted by molar-refractivity contribution is -0.0403. The molecule has 1 heterocycles. The quantitative estimate of drug-likeness (QED) is 0.768. The van der Waals surface area contributed by atoms with Crippen LogP contribution in [0.2, 0.25) is 0 Å². The smallest absolute Gasteiger partial charge is 0.338 e. The molecule has 5 nitrogen and oxygen atoms in total. The van der Waals surface area contributed by atoms with E-state index in [1.807, 2.05) is 0 Å². The number of ether oxygens (including phenoxy) is 3. The van der Waals surface area contributed by atoms with Crippen LogP contribution in [0.5, 0.6) is 0 Å². The molecule has 2 aromatic rings. The van der Waals surface area contributed by atoms with E-state index in [0.717, 1.165) is 0 Å². The maximum absolute atomic E-state index is 14.4. The average molecular weight is 358 g/mol. The maximum Gasteiger partial charge on any atom is 0.338 e. The second kappa shape index (κ2) is 8.10. The number of carbonyl (C=O) groups is 2. The van der Waals surface area contributed by atoms with E-state index in [0.29, 0.717) is 11.1 Å². The Morgan fingerprint density at radius 1 is 0.962 bits per heavy atom. The first kappa shape index (κ1) is 18.1. The van der Waals surface area contributed by atoms with Crippen molar-refractivity contribution in [1.82, 2.24) is 0 Å². The highest BCUT2D eigenvalue weighted by Gasteiger charge is 2.46. The summed E-state index contributed by atoms with van der Waals surface area (Å²) in [5.74, 6) is -1.19. The van der Waals surface area contributed by atoms with E-state index in [9.17, 15) is 14.0 Å². The molecule has 2 aromatic carbocycles. The van der Waals surface area contributed by atoms with Gasteiger partial charge in [0.1, 0.15) is 12.7 Å². The van der Waals surface area contributed by atoms with Crippen LogP contribution < -0.4 is 0 Å². The van der Waals surface area contributed by atoms with E-state index in [4.69, 9.17) is 14.2 Å². The largest absolute Gasteiger partial charge is 0.459 e. The van der Waals surface area contributed by atoms with Crippen LogP contribution >= 0.6 is 0 Å². The van der Waals surface area contributed by atoms with Crippen LogP contribution in [0.3, 0.4) is 0 Å². The zero-order chi connectivity index (χ0) is 18.5. The van der Waals surface area contributed by atoms with Crippen molar-refractivity contribution in [3.05, 3.63) is 71.8 Å². The third-order valence-corrected chi connectivity index (χ3v) is 4.16. The number of alkyl halides is 1. The van der Waals surface area contributed by atoms with E-state index in [2.05, 4.69) is 0 Å². The second-order valence-electron chi connectivity index (χ2n) is 6.02. The number of hydrogen-bond donors (Lipinski definition) is 0. The molecule has 1 unspecified atom stereocenters. The third-order valence-electron chi connectivity index (χ3n) is 4.16. The molecule has 1 aliphatic rings. The number of benzene rings is 2. The van der Waals surface area contributed by atoms with E-state index >= 15 is 0 Å². The number of halogens is 1. The molecular weight excluding hydrogens is 339 g/mol. The number of esters is 2. The van der Waals surface area contributed by atoms with Gasteiger partial charge in [0.15, 0.2) is 12.3 Å². The Hall–Kier alpha value is -2.73. The highest BCUT2D eigenvalue weighted by Crippen LogP contribution is 2.27. The molecule has 1 fully saturated rings. The van der Waals surface area contributed by atoms with Gasteiger partial charge in [-0.3, -0.25) is 0 Å². The van der Waals surface area contributed by atoms with Crippen molar-refractivity contribution in [2.75, 3.05) is 6.61 Å². The van der Waals surface area contributed by atoms with Crippen LogP contribution in [0.1, 0.15) is 27.6 Å². The summed E-state index contributed by atoms with van der Waals surface area (Å²) in [6.45, 7) is 1.35. The van der Waals surface area contributed by atoms with Gasteiger partial charge in [0.05, 0.1) is 17.2 Å². The van der Waals surface area contributed by atoms with Gasteiger partial charge in [0, 0.05) is 0 Å². The van der Waals surface area contributed by atoms with Crippen molar-refractivity contribution < 1.29 is 28.2 Å². The zero-order valence-electron chi connectivity index (χ0n) is 14.2. The summed E-state index contributed by atoms with van der Waals surface area (Å²) in [5.41, 5.74) is 0.701. The lowest BCUT2D eigenvalue weighted by Crippen LogP contribution is -2.37. The Labute approximate surface area is 150 Å². The molecule has 0 aliphatic carbocycles. The molecule has 1 saturated heterocycles. The molecule has 0 bridgehead atoms. The maximum atomic E-state index is 14.4. The molecule has 26 heavy (non-hydrogen) atoms. The van der Waals surface area contributed by atoms with E-state index < -0.39 is 36.4 Å². The second-order valence-corrected chi connectivity index (χ2v) is 6.02. The summed E-state index contributed by atoms with van der Waals surface area (Å²) in [7, 11) is 0. The van der Waals surface area contributed by atoms with Crippen molar-refractivity contribution in [1.29, 1.82) is 0 Å².